The zero-order chi connectivity index (χ0) is 18.2. The Morgan fingerprint density at radius 3 is 2.36 bits per heavy atom. The van der Waals surface area contributed by atoms with Gasteiger partial charge in [0.1, 0.15) is 5.82 Å². The molecule has 2 N–H and O–H groups in total. The number of hydrogen-bond acceptors (Lipinski definition) is 4. The van der Waals surface area contributed by atoms with E-state index in [1.54, 1.807) is 44.2 Å². The van der Waals surface area contributed by atoms with E-state index in [2.05, 4.69) is 10.6 Å². The van der Waals surface area contributed by atoms with Gasteiger partial charge < -0.3 is 10.1 Å². The highest BCUT2D eigenvalue weighted by atomic mass is 32.2. The molecule has 0 fully saturated rings. The molecule has 5 nitrogen and oxygen atoms in total. The highest BCUT2D eigenvalue weighted by Gasteiger charge is 2.10. The maximum Gasteiger partial charge on any atom is 0.411 e. The SMILES string of the molecule is CCOC(=O)Nc1cccc(NC(=O)CSc2ccc(F)cc2)c1C. The molecule has 0 aromatic heterocycles. The van der Waals surface area contributed by atoms with Crippen LogP contribution in [-0.2, 0) is 9.53 Å². The lowest BCUT2D eigenvalue weighted by Crippen LogP contribution is -2.17. The summed E-state index contributed by atoms with van der Waals surface area (Å²) in [6.07, 6.45) is -0.541. The van der Waals surface area contributed by atoms with Crippen LogP contribution >= 0.6 is 11.8 Å². The van der Waals surface area contributed by atoms with Gasteiger partial charge in [0.15, 0.2) is 0 Å². The van der Waals surface area contributed by atoms with Crippen LogP contribution < -0.4 is 10.6 Å². The van der Waals surface area contributed by atoms with Gasteiger partial charge in [0.2, 0.25) is 5.91 Å². The summed E-state index contributed by atoms with van der Waals surface area (Å²) >= 11 is 1.32. The zero-order valence-corrected chi connectivity index (χ0v) is 14.8. The normalized spacial score (nSPS) is 10.2. The highest BCUT2D eigenvalue weighted by Crippen LogP contribution is 2.24. The molecule has 2 aromatic rings. The van der Waals surface area contributed by atoms with E-state index in [4.69, 9.17) is 4.74 Å². The van der Waals surface area contributed by atoms with Crippen molar-refractivity contribution in [3.8, 4) is 0 Å². The van der Waals surface area contributed by atoms with E-state index in [1.165, 1.54) is 23.9 Å². The molecule has 0 spiro atoms. The van der Waals surface area contributed by atoms with Crippen molar-refractivity contribution in [3.63, 3.8) is 0 Å². The van der Waals surface area contributed by atoms with Gasteiger partial charge in [-0.05, 0) is 55.8 Å². The Labute approximate surface area is 150 Å². The number of hydrogen-bond donors (Lipinski definition) is 2. The first-order chi connectivity index (χ1) is 12.0. The molecule has 132 valence electrons. The van der Waals surface area contributed by atoms with Crippen LogP contribution in [-0.4, -0.2) is 24.4 Å². The smallest absolute Gasteiger partial charge is 0.411 e. The predicted octanol–water partition coefficient (Wildman–Crippen LogP) is 4.43. The fourth-order valence-electron chi connectivity index (χ4n) is 2.05. The summed E-state index contributed by atoms with van der Waals surface area (Å²) in [6.45, 7) is 3.80. The molecule has 0 heterocycles. The van der Waals surface area contributed by atoms with E-state index in [9.17, 15) is 14.0 Å². The molecule has 25 heavy (non-hydrogen) atoms. The molecule has 0 aliphatic rings. The van der Waals surface area contributed by atoms with Crippen LogP contribution in [0.1, 0.15) is 12.5 Å². The second-order valence-corrected chi connectivity index (χ2v) is 6.16. The van der Waals surface area contributed by atoms with Crippen molar-refractivity contribution in [2.45, 2.75) is 18.7 Å². The van der Waals surface area contributed by atoms with Gasteiger partial charge in [0.05, 0.1) is 12.4 Å². The van der Waals surface area contributed by atoms with Crippen LogP contribution in [0.25, 0.3) is 0 Å². The van der Waals surface area contributed by atoms with Crippen molar-refractivity contribution in [2.75, 3.05) is 23.0 Å². The van der Waals surface area contributed by atoms with Crippen molar-refractivity contribution in [2.24, 2.45) is 0 Å². The Balaban J connectivity index is 1.95. The van der Waals surface area contributed by atoms with Gasteiger partial charge in [-0.25, -0.2) is 9.18 Å². The van der Waals surface area contributed by atoms with Crippen LogP contribution in [0.5, 0.6) is 0 Å². The summed E-state index contributed by atoms with van der Waals surface area (Å²) in [5, 5.41) is 5.45. The quantitative estimate of drug-likeness (QED) is 0.746. The van der Waals surface area contributed by atoms with Crippen LogP contribution in [0.4, 0.5) is 20.6 Å². The lowest BCUT2D eigenvalue weighted by Gasteiger charge is -2.13. The highest BCUT2D eigenvalue weighted by molar-refractivity contribution is 8.00. The third-order valence-corrected chi connectivity index (χ3v) is 4.32. The summed E-state index contributed by atoms with van der Waals surface area (Å²) in [6, 6.07) is 11.2. The number of ether oxygens (including phenoxy) is 1. The van der Waals surface area contributed by atoms with E-state index in [1.807, 2.05) is 0 Å². The molecule has 0 aliphatic heterocycles. The van der Waals surface area contributed by atoms with Crippen LogP contribution in [0, 0.1) is 12.7 Å². The first-order valence-electron chi connectivity index (χ1n) is 7.71. The lowest BCUT2D eigenvalue weighted by atomic mass is 10.1. The van der Waals surface area contributed by atoms with Gasteiger partial charge >= 0.3 is 6.09 Å². The molecular formula is C18H19FN2O3S. The molecule has 0 aliphatic carbocycles. The monoisotopic (exact) mass is 362 g/mol. The average molecular weight is 362 g/mol. The largest absolute Gasteiger partial charge is 0.450 e. The third-order valence-electron chi connectivity index (χ3n) is 3.30. The minimum atomic E-state index is -0.541. The average Bonchev–Trinajstić information content (AvgIpc) is 2.58. The van der Waals surface area contributed by atoms with Crippen molar-refractivity contribution in [1.29, 1.82) is 0 Å². The number of anilines is 2. The molecule has 7 heteroatoms. The molecule has 2 rings (SSSR count). The minimum Gasteiger partial charge on any atom is -0.450 e. The molecule has 0 saturated heterocycles. The van der Waals surface area contributed by atoms with E-state index in [0.29, 0.717) is 11.4 Å². The van der Waals surface area contributed by atoms with E-state index >= 15 is 0 Å². The van der Waals surface area contributed by atoms with E-state index < -0.39 is 6.09 Å². The maximum absolute atomic E-state index is 12.9. The number of amides is 2. The fourth-order valence-corrected chi connectivity index (χ4v) is 2.75. The number of halogens is 1. The molecule has 2 aromatic carbocycles. The summed E-state index contributed by atoms with van der Waals surface area (Å²) in [5.74, 6) is -0.304. The van der Waals surface area contributed by atoms with Gasteiger partial charge in [-0.15, -0.1) is 11.8 Å². The molecular weight excluding hydrogens is 343 g/mol. The number of benzene rings is 2. The first-order valence-corrected chi connectivity index (χ1v) is 8.69. The molecule has 0 atom stereocenters. The summed E-state index contributed by atoms with van der Waals surface area (Å²) < 4.78 is 17.7. The van der Waals surface area contributed by atoms with Gasteiger partial charge in [0, 0.05) is 16.3 Å². The third kappa shape index (κ3) is 5.79. The molecule has 2 amide bonds. The Hall–Kier alpha value is -2.54. The number of nitrogens with one attached hydrogen (secondary N) is 2. The van der Waals surface area contributed by atoms with Crippen molar-refractivity contribution in [3.05, 3.63) is 53.8 Å². The summed E-state index contributed by atoms with van der Waals surface area (Å²) in [4.78, 5) is 24.5. The molecule has 0 radical (unpaired) electrons. The minimum absolute atomic E-state index is 0.189. The van der Waals surface area contributed by atoms with Crippen molar-refractivity contribution in [1.82, 2.24) is 0 Å². The van der Waals surface area contributed by atoms with E-state index in [0.717, 1.165) is 10.5 Å². The summed E-state index contributed by atoms with van der Waals surface area (Å²) in [5.41, 5.74) is 1.91. The van der Waals surface area contributed by atoms with Gasteiger partial charge in [-0.3, -0.25) is 10.1 Å². The van der Waals surface area contributed by atoms with Gasteiger partial charge in [-0.2, -0.15) is 0 Å². The lowest BCUT2D eigenvalue weighted by molar-refractivity contribution is -0.113. The fraction of sp³-hybridized carbons (Fsp3) is 0.222. The number of carbonyl (C=O) groups is 2. The van der Waals surface area contributed by atoms with E-state index in [-0.39, 0.29) is 24.1 Å². The molecule has 0 unspecified atom stereocenters. The van der Waals surface area contributed by atoms with Crippen LogP contribution in [0.2, 0.25) is 0 Å². The molecule has 0 saturated carbocycles. The van der Waals surface area contributed by atoms with Crippen molar-refractivity contribution >= 4 is 35.1 Å². The number of thioether (sulfide) groups is 1. The summed E-state index contributed by atoms with van der Waals surface area (Å²) in [7, 11) is 0. The predicted molar refractivity (Wildman–Crippen MR) is 97.6 cm³/mol. The number of rotatable bonds is 6. The van der Waals surface area contributed by atoms with Crippen LogP contribution in [0.3, 0.4) is 0 Å². The number of carbonyl (C=O) groups excluding carboxylic acids is 2. The Morgan fingerprint density at radius 2 is 1.72 bits per heavy atom. The Morgan fingerprint density at radius 1 is 1.08 bits per heavy atom. The maximum atomic E-state index is 12.9. The van der Waals surface area contributed by atoms with Crippen LogP contribution in [0.15, 0.2) is 47.4 Å². The standard InChI is InChI=1S/C18H19FN2O3S/c1-3-24-18(23)21-16-6-4-5-15(12(16)2)20-17(22)11-25-14-9-7-13(19)8-10-14/h4-10H,3,11H2,1-2H3,(H,20,22)(H,21,23). The van der Waals surface area contributed by atoms with Crippen molar-refractivity contribution < 1.29 is 18.7 Å². The molecule has 0 bridgehead atoms. The zero-order valence-electron chi connectivity index (χ0n) is 14.0. The first kappa shape index (κ1) is 18.8. The van der Waals surface area contributed by atoms with Gasteiger partial charge in [0.25, 0.3) is 0 Å². The Bertz CT molecular complexity index is 750. The second kappa shape index (κ2) is 9.08. The second-order valence-electron chi connectivity index (χ2n) is 5.11. The van der Waals surface area contributed by atoms with Gasteiger partial charge in [-0.1, -0.05) is 6.07 Å². The Kier molecular flexibility index (Phi) is 6.82. The topological polar surface area (TPSA) is 67.4 Å².